The van der Waals surface area contributed by atoms with Gasteiger partial charge < -0.3 is 15.0 Å². The zero-order valence-electron chi connectivity index (χ0n) is 12.9. The number of methoxy groups -OCH3 is 1. The van der Waals surface area contributed by atoms with E-state index in [1.807, 2.05) is 6.07 Å². The minimum absolute atomic E-state index is 0.0710. The van der Waals surface area contributed by atoms with E-state index in [1.54, 1.807) is 36.4 Å². The minimum atomic E-state index is -0.445. The molecule has 122 valence electrons. The first kappa shape index (κ1) is 16.1. The van der Waals surface area contributed by atoms with Crippen LogP contribution in [0.2, 0.25) is 5.02 Å². The maximum atomic E-state index is 12.4. The second kappa shape index (κ2) is 6.76. The van der Waals surface area contributed by atoms with Crippen LogP contribution in [0.4, 0.5) is 0 Å². The molecule has 24 heavy (non-hydrogen) atoms. The van der Waals surface area contributed by atoms with Crippen molar-refractivity contribution in [2.24, 2.45) is 0 Å². The molecule has 1 aromatic heterocycles. The molecular weight excluding hydrogens is 328 g/mol. The highest BCUT2D eigenvalue weighted by Crippen LogP contribution is 2.22. The van der Waals surface area contributed by atoms with Gasteiger partial charge in [-0.15, -0.1) is 0 Å². The van der Waals surface area contributed by atoms with Gasteiger partial charge in [-0.2, -0.15) is 0 Å². The molecule has 1 heterocycles. The Labute approximate surface area is 143 Å². The van der Waals surface area contributed by atoms with Crippen molar-refractivity contribution >= 4 is 28.4 Å². The SMILES string of the molecule is COc1cc(Cl)ccc1CNC(=O)c1c[nH]c2ccccc2c1=O. The van der Waals surface area contributed by atoms with E-state index in [-0.39, 0.29) is 17.5 Å². The number of carbonyl (C=O) groups excluding carboxylic acids is 1. The Morgan fingerprint density at radius 3 is 2.83 bits per heavy atom. The Morgan fingerprint density at radius 2 is 2.04 bits per heavy atom. The second-order valence-corrected chi connectivity index (χ2v) is 5.65. The first-order chi connectivity index (χ1) is 11.6. The fourth-order valence-corrected chi connectivity index (χ4v) is 2.63. The van der Waals surface area contributed by atoms with E-state index in [9.17, 15) is 9.59 Å². The molecule has 0 unspecified atom stereocenters. The van der Waals surface area contributed by atoms with E-state index in [1.165, 1.54) is 13.3 Å². The molecule has 0 spiro atoms. The molecule has 1 amide bonds. The number of hydrogen-bond acceptors (Lipinski definition) is 3. The van der Waals surface area contributed by atoms with Crippen molar-refractivity contribution < 1.29 is 9.53 Å². The average Bonchev–Trinajstić information content (AvgIpc) is 2.60. The monoisotopic (exact) mass is 342 g/mol. The molecule has 3 aromatic rings. The number of benzene rings is 2. The number of para-hydroxylation sites is 1. The third-order valence-electron chi connectivity index (χ3n) is 3.72. The van der Waals surface area contributed by atoms with Gasteiger partial charge in [0.15, 0.2) is 0 Å². The summed E-state index contributed by atoms with van der Waals surface area (Å²) >= 11 is 5.92. The van der Waals surface area contributed by atoms with Crippen LogP contribution in [0.5, 0.6) is 5.75 Å². The predicted octanol–water partition coefficient (Wildman–Crippen LogP) is 3.12. The second-order valence-electron chi connectivity index (χ2n) is 5.22. The summed E-state index contributed by atoms with van der Waals surface area (Å²) in [6, 6.07) is 12.2. The van der Waals surface area contributed by atoms with E-state index >= 15 is 0 Å². The smallest absolute Gasteiger partial charge is 0.257 e. The lowest BCUT2D eigenvalue weighted by molar-refractivity contribution is 0.0949. The molecule has 0 atom stereocenters. The maximum Gasteiger partial charge on any atom is 0.257 e. The van der Waals surface area contributed by atoms with Gasteiger partial charge in [0.2, 0.25) is 5.43 Å². The molecule has 0 saturated heterocycles. The van der Waals surface area contributed by atoms with Crippen molar-refractivity contribution in [1.82, 2.24) is 10.3 Å². The first-order valence-electron chi connectivity index (χ1n) is 7.31. The van der Waals surface area contributed by atoms with Crippen molar-refractivity contribution in [3.63, 3.8) is 0 Å². The fourth-order valence-electron chi connectivity index (χ4n) is 2.47. The highest BCUT2D eigenvalue weighted by molar-refractivity contribution is 6.30. The van der Waals surface area contributed by atoms with E-state index in [4.69, 9.17) is 16.3 Å². The van der Waals surface area contributed by atoms with Gasteiger partial charge in [0, 0.05) is 34.2 Å². The highest BCUT2D eigenvalue weighted by Gasteiger charge is 2.13. The van der Waals surface area contributed by atoms with Crippen molar-refractivity contribution in [3.8, 4) is 5.75 Å². The summed E-state index contributed by atoms with van der Waals surface area (Å²) in [7, 11) is 1.53. The van der Waals surface area contributed by atoms with Gasteiger partial charge >= 0.3 is 0 Å². The number of rotatable bonds is 4. The zero-order valence-corrected chi connectivity index (χ0v) is 13.7. The lowest BCUT2D eigenvalue weighted by Crippen LogP contribution is -2.28. The summed E-state index contributed by atoms with van der Waals surface area (Å²) in [5.74, 6) is 0.134. The number of amides is 1. The Bertz CT molecular complexity index is 966. The molecule has 0 saturated carbocycles. The number of ether oxygens (including phenoxy) is 1. The van der Waals surface area contributed by atoms with Crippen LogP contribution >= 0.6 is 11.6 Å². The molecule has 6 heteroatoms. The Balaban J connectivity index is 1.83. The summed E-state index contributed by atoms with van der Waals surface area (Å²) in [6.45, 7) is 0.228. The number of nitrogens with one attached hydrogen (secondary N) is 2. The molecule has 2 N–H and O–H groups in total. The number of aromatic nitrogens is 1. The van der Waals surface area contributed by atoms with Crippen LogP contribution in [0.25, 0.3) is 10.9 Å². The van der Waals surface area contributed by atoms with Crippen molar-refractivity contribution in [1.29, 1.82) is 0 Å². The zero-order chi connectivity index (χ0) is 17.1. The number of fused-ring (bicyclic) bond motifs is 1. The minimum Gasteiger partial charge on any atom is -0.496 e. The van der Waals surface area contributed by atoms with Crippen molar-refractivity contribution in [2.45, 2.75) is 6.54 Å². The van der Waals surface area contributed by atoms with Crippen LogP contribution in [0.3, 0.4) is 0 Å². The number of halogens is 1. The molecule has 2 aromatic carbocycles. The Kier molecular flexibility index (Phi) is 4.53. The predicted molar refractivity (Wildman–Crippen MR) is 93.7 cm³/mol. The number of pyridine rings is 1. The van der Waals surface area contributed by atoms with Gasteiger partial charge in [-0.1, -0.05) is 29.8 Å². The summed E-state index contributed by atoms with van der Waals surface area (Å²) in [5, 5.41) is 3.76. The van der Waals surface area contributed by atoms with Crippen LogP contribution in [0.15, 0.2) is 53.5 Å². The third kappa shape index (κ3) is 3.12. The van der Waals surface area contributed by atoms with Crippen molar-refractivity contribution in [2.75, 3.05) is 7.11 Å². The molecule has 5 nitrogen and oxygen atoms in total. The van der Waals surface area contributed by atoms with E-state index in [0.717, 1.165) is 5.56 Å². The van der Waals surface area contributed by atoms with Gasteiger partial charge in [-0.3, -0.25) is 9.59 Å². The van der Waals surface area contributed by atoms with Crippen LogP contribution in [-0.2, 0) is 6.54 Å². The highest BCUT2D eigenvalue weighted by atomic mass is 35.5. The van der Waals surface area contributed by atoms with E-state index < -0.39 is 5.91 Å². The summed E-state index contributed by atoms with van der Waals surface area (Å²) in [4.78, 5) is 27.7. The Morgan fingerprint density at radius 1 is 1.25 bits per heavy atom. The molecule has 0 bridgehead atoms. The molecule has 0 radical (unpaired) electrons. The van der Waals surface area contributed by atoms with Gasteiger partial charge in [0.05, 0.1) is 7.11 Å². The number of H-pyrrole nitrogens is 1. The lowest BCUT2D eigenvalue weighted by Gasteiger charge is -2.10. The van der Waals surface area contributed by atoms with Crippen LogP contribution in [0, 0.1) is 0 Å². The van der Waals surface area contributed by atoms with Gasteiger partial charge in [0.1, 0.15) is 11.3 Å². The first-order valence-corrected chi connectivity index (χ1v) is 7.69. The van der Waals surface area contributed by atoms with Gasteiger partial charge in [-0.05, 0) is 24.3 Å². The molecule has 0 aliphatic carbocycles. The van der Waals surface area contributed by atoms with Crippen LogP contribution < -0.4 is 15.5 Å². The van der Waals surface area contributed by atoms with E-state index in [2.05, 4.69) is 10.3 Å². The van der Waals surface area contributed by atoms with Crippen LogP contribution in [0.1, 0.15) is 15.9 Å². The third-order valence-corrected chi connectivity index (χ3v) is 3.96. The number of aromatic amines is 1. The largest absolute Gasteiger partial charge is 0.496 e. The molecule has 0 aliphatic rings. The maximum absolute atomic E-state index is 12.4. The average molecular weight is 343 g/mol. The lowest BCUT2D eigenvalue weighted by atomic mass is 10.1. The van der Waals surface area contributed by atoms with Gasteiger partial charge in [-0.25, -0.2) is 0 Å². The van der Waals surface area contributed by atoms with Crippen LogP contribution in [-0.4, -0.2) is 18.0 Å². The number of carbonyl (C=O) groups is 1. The molecule has 0 fully saturated rings. The summed E-state index contributed by atoms with van der Waals surface area (Å²) in [6.07, 6.45) is 1.43. The fraction of sp³-hybridized carbons (Fsp3) is 0.111. The molecule has 0 aliphatic heterocycles. The summed E-state index contributed by atoms with van der Waals surface area (Å²) < 4.78 is 5.24. The quantitative estimate of drug-likeness (QED) is 0.765. The molecular formula is C18H15ClN2O3. The van der Waals surface area contributed by atoms with Crippen molar-refractivity contribution in [3.05, 3.63) is 75.0 Å². The normalized spacial score (nSPS) is 10.6. The van der Waals surface area contributed by atoms with Gasteiger partial charge in [0.25, 0.3) is 5.91 Å². The standard InChI is InChI=1S/C18H15ClN2O3/c1-24-16-8-12(19)7-6-11(16)9-21-18(23)14-10-20-15-5-3-2-4-13(15)17(14)22/h2-8,10H,9H2,1H3,(H,20,22)(H,21,23). The van der Waals surface area contributed by atoms with E-state index in [0.29, 0.717) is 21.7 Å². The molecule has 3 rings (SSSR count). The Hall–Kier alpha value is -2.79. The number of hydrogen-bond donors (Lipinski definition) is 2. The summed E-state index contributed by atoms with van der Waals surface area (Å²) in [5.41, 5.74) is 1.23. The topological polar surface area (TPSA) is 71.2 Å².